The molecule has 0 unspecified atom stereocenters. The van der Waals surface area contributed by atoms with Crippen molar-refractivity contribution < 1.29 is 19.5 Å². The number of carbonyl (C=O) groups excluding carboxylic acids is 3. The number of phenolic OH excluding ortho intramolecular Hbond substituents is 1. The Labute approximate surface area is 181 Å². The number of aryl methyl sites for hydroxylation is 2. The number of nitrogens with one attached hydrogen (secondary N) is 2. The van der Waals surface area contributed by atoms with Crippen LogP contribution in [0, 0.1) is 13.8 Å². The number of aromatic hydroxyl groups is 1. The molecule has 1 aliphatic heterocycles. The summed E-state index contributed by atoms with van der Waals surface area (Å²) in [6.07, 6.45) is 1.04. The second-order valence-corrected chi connectivity index (χ2v) is 7.46. The monoisotopic (exact) mass is 422 g/mol. The van der Waals surface area contributed by atoms with Crippen molar-refractivity contribution >= 4 is 29.1 Å². The van der Waals surface area contributed by atoms with Gasteiger partial charge < -0.3 is 15.7 Å². The fourth-order valence-corrected chi connectivity index (χ4v) is 3.20. The Balaban J connectivity index is 1.51. The lowest BCUT2D eigenvalue weighted by molar-refractivity contribution is -0.119. The minimum atomic E-state index is -0.317. The highest BCUT2D eigenvalue weighted by atomic mass is 16.3. The molecule has 0 radical (unpaired) electrons. The summed E-state index contributed by atoms with van der Waals surface area (Å²) in [7, 11) is 0. The van der Waals surface area contributed by atoms with Gasteiger partial charge in [-0.1, -0.05) is 18.2 Å². The van der Waals surface area contributed by atoms with E-state index in [-0.39, 0.29) is 29.9 Å². The predicted molar refractivity (Wildman–Crippen MR) is 118 cm³/mol. The van der Waals surface area contributed by atoms with E-state index in [9.17, 15) is 19.5 Å². The van der Waals surface area contributed by atoms with Crippen molar-refractivity contribution in [2.75, 3.05) is 18.1 Å². The number of carbonyl (C=O) groups is 3. The molecule has 3 N–H and O–H groups in total. The number of hydrogen-bond donors (Lipinski definition) is 3. The highest BCUT2D eigenvalue weighted by Crippen LogP contribution is 2.25. The largest absolute Gasteiger partial charge is 0.508 e. The van der Waals surface area contributed by atoms with E-state index in [4.69, 9.17) is 0 Å². The molecule has 0 bridgehead atoms. The van der Waals surface area contributed by atoms with E-state index >= 15 is 0 Å². The van der Waals surface area contributed by atoms with Gasteiger partial charge >= 0.3 is 0 Å². The molecule has 0 saturated heterocycles. The highest BCUT2D eigenvalue weighted by Gasteiger charge is 2.26. The third-order valence-electron chi connectivity index (χ3n) is 4.92. The van der Waals surface area contributed by atoms with Crippen molar-refractivity contribution in [1.82, 2.24) is 10.6 Å². The number of phenols is 1. The maximum absolute atomic E-state index is 12.5. The third kappa shape index (κ3) is 5.69. The van der Waals surface area contributed by atoms with Crippen LogP contribution in [-0.4, -0.2) is 41.6 Å². The summed E-state index contributed by atoms with van der Waals surface area (Å²) in [5.41, 5.74) is 3.28. The molecule has 2 aromatic carbocycles. The molecule has 0 aromatic heterocycles. The zero-order valence-corrected chi connectivity index (χ0v) is 17.6. The van der Waals surface area contributed by atoms with Crippen LogP contribution < -0.4 is 15.6 Å². The number of amides is 3. The number of rotatable bonds is 7. The van der Waals surface area contributed by atoms with Gasteiger partial charge in [-0.3, -0.25) is 14.4 Å². The average molecular weight is 422 g/mol. The van der Waals surface area contributed by atoms with E-state index in [1.165, 1.54) is 17.1 Å². The minimum Gasteiger partial charge on any atom is -0.508 e. The Kier molecular flexibility index (Phi) is 7.02. The predicted octanol–water partition coefficient (Wildman–Crippen LogP) is 2.43. The molecule has 0 atom stereocenters. The smallest absolute Gasteiger partial charge is 0.267 e. The summed E-state index contributed by atoms with van der Waals surface area (Å²) in [4.78, 5) is 36.9. The summed E-state index contributed by atoms with van der Waals surface area (Å²) < 4.78 is 0. The lowest BCUT2D eigenvalue weighted by Crippen LogP contribution is -2.40. The van der Waals surface area contributed by atoms with Crippen LogP contribution in [0.5, 0.6) is 5.75 Å². The lowest BCUT2D eigenvalue weighted by Gasteiger charge is -2.24. The molecule has 162 valence electrons. The van der Waals surface area contributed by atoms with E-state index in [0.29, 0.717) is 42.9 Å². The van der Waals surface area contributed by atoms with Crippen LogP contribution >= 0.6 is 0 Å². The van der Waals surface area contributed by atoms with Gasteiger partial charge in [-0.25, -0.2) is 5.01 Å². The fraction of sp³-hybridized carbons (Fsp3) is 0.304. The van der Waals surface area contributed by atoms with Crippen LogP contribution in [0.2, 0.25) is 0 Å². The molecule has 1 heterocycles. The van der Waals surface area contributed by atoms with Crippen LogP contribution in [0.1, 0.15) is 40.7 Å². The van der Waals surface area contributed by atoms with Gasteiger partial charge in [0.25, 0.3) is 11.8 Å². The molecule has 1 aliphatic rings. The van der Waals surface area contributed by atoms with Crippen molar-refractivity contribution in [2.45, 2.75) is 33.1 Å². The quantitative estimate of drug-likeness (QED) is 0.595. The molecule has 0 saturated carbocycles. The van der Waals surface area contributed by atoms with Crippen molar-refractivity contribution in [3.05, 3.63) is 59.2 Å². The first-order chi connectivity index (χ1) is 14.8. The summed E-state index contributed by atoms with van der Waals surface area (Å²) in [6, 6.07) is 11.9. The van der Waals surface area contributed by atoms with Crippen molar-refractivity contribution in [3.63, 3.8) is 0 Å². The van der Waals surface area contributed by atoms with Gasteiger partial charge in [0, 0.05) is 31.5 Å². The summed E-state index contributed by atoms with van der Waals surface area (Å²) in [5, 5.41) is 20.6. The topological polar surface area (TPSA) is 111 Å². The Morgan fingerprint density at radius 2 is 1.77 bits per heavy atom. The van der Waals surface area contributed by atoms with Gasteiger partial charge in [0.1, 0.15) is 11.5 Å². The van der Waals surface area contributed by atoms with E-state index in [1.807, 2.05) is 32.0 Å². The van der Waals surface area contributed by atoms with E-state index in [2.05, 4.69) is 15.7 Å². The Morgan fingerprint density at radius 3 is 2.52 bits per heavy atom. The van der Waals surface area contributed by atoms with Gasteiger partial charge in [-0.2, -0.15) is 5.10 Å². The van der Waals surface area contributed by atoms with Gasteiger partial charge in [-0.05, 0) is 55.7 Å². The third-order valence-corrected chi connectivity index (χ3v) is 4.92. The van der Waals surface area contributed by atoms with Gasteiger partial charge in [0.05, 0.1) is 5.69 Å². The molecule has 3 amide bonds. The Bertz CT molecular complexity index is 1030. The summed E-state index contributed by atoms with van der Waals surface area (Å²) in [6.45, 7) is 4.56. The molecule has 0 fully saturated rings. The molecular formula is C23H26N4O4. The second kappa shape index (κ2) is 9.88. The van der Waals surface area contributed by atoms with Gasteiger partial charge in [0.2, 0.25) is 5.91 Å². The maximum Gasteiger partial charge on any atom is 0.267 e. The number of hydrogen-bond acceptors (Lipinski definition) is 5. The molecule has 0 spiro atoms. The zero-order chi connectivity index (χ0) is 22.4. The van der Waals surface area contributed by atoms with Crippen molar-refractivity contribution in [1.29, 1.82) is 0 Å². The molecule has 3 rings (SSSR count). The van der Waals surface area contributed by atoms with Crippen LogP contribution in [0.3, 0.4) is 0 Å². The van der Waals surface area contributed by atoms with E-state index in [0.717, 1.165) is 11.1 Å². The molecule has 8 heteroatoms. The summed E-state index contributed by atoms with van der Waals surface area (Å²) >= 11 is 0. The first-order valence-electron chi connectivity index (χ1n) is 10.2. The van der Waals surface area contributed by atoms with Crippen LogP contribution in [0.4, 0.5) is 5.69 Å². The average Bonchev–Trinajstić information content (AvgIpc) is 2.75. The van der Waals surface area contributed by atoms with Crippen LogP contribution in [0.25, 0.3) is 0 Å². The second-order valence-electron chi connectivity index (χ2n) is 7.46. The fourth-order valence-electron chi connectivity index (χ4n) is 3.20. The lowest BCUT2D eigenvalue weighted by atomic mass is 10.1. The van der Waals surface area contributed by atoms with E-state index in [1.54, 1.807) is 12.1 Å². The normalized spacial score (nSPS) is 13.5. The zero-order valence-electron chi connectivity index (χ0n) is 17.6. The molecule has 0 aliphatic carbocycles. The summed E-state index contributed by atoms with van der Waals surface area (Å²) in [5.74, 6) is -0.717. The Morgan fingerprint density at radius 1 is 1.03 bits per heavy atom. The maximum atomic E-state index is 12.5. The molecular weight excluding hydrogens is 396 g/mol. The number of hydrazone groups is 1. The molecule has 8 nitrogen and oxygen atoms in total. The van der Waals surface area contributed by atoms with Crippen molar-refractivity contribution in [2.24, 2.45) is 5.10 Å². The highest BCUT2D eigenvalue weighted by molar-refractivity contribution is 6.40. The number of nitrogens with zero attached hydrogens (tertiary/aromatic N) is 2. The number of anilines is 1. The first kappa shape index (κ1) is 22.0. The van der Waals surface area contributed by atoms with Crippen LogP contribution in [-0.2, 0) is 9.59 Å². The van der Waals surface area contributed by atoms with Gasteiger partial charge in [0.15, 0.2) is 0 Å². The standard InChI is InChI=1S/C23H26N4O4/c1-15-7-8-16(2)20(13-15)27-21(29)10-9-19(26-27)23(31)25-12-4-11-24-22(30)17-5-3-6-18(28)14-17/h3,5-8,13-14,28H,4,9-12H2,1-2H3,(H,24,30)(H,25,31). The molecule has 2 aromatic rings. The minimum absolute atomic E-state index is 0.0292. The molecule has 31 heavy (non-hydrogen) atoms. The van der Waals surface area contributed by atoms with Crippen molar-refractivity contribution in [3.8, 4) is 5.75 Å². The van der Waals surface area contributed by atoms with Crippen LogP contribution in [0.15, 0.2) is 47.6 Å². The SMILES string of the molecule is Cc1ccc(C)c(N2N=C(C(=O)NCCCNC(=O)c3cccc(O)c3)CCC2=O)c1. The van der Waals surface area contributed by atoms with E-state index < -0.39 is 0 Å². The number of benzene rings is 2. The first-order valence-corrected chi connectivity index (χ1v) is 10.2. The van der Waals surface area contributed by atoms with Gasteiger partial charge in [-0.15, -0.1) is 0 Å². The Hall–Kier alpha value is -3.68.